The number of aliphatic imine (C=N–C) groups is 1. The van der Waals surface area contributed by atoms with Crippen molar-refractivity contribution in [2.75, 3.05) is 6.54 Å². The molecule has 0 aliphatic carbocycles. The molecule has 0 aliphatic rings. The fraction of sp³-hybridized carbons (Fsp3) is 0.412. The lowest BCUT2D eigenvalue weighted by molar-refractivity contribution is 0.576. The fourth-order valence-corrected chi connectivity index (χ4v) is 2.07. The molecule has 23 heavy (non-hydrogen) atoms. The van der Waals surface area contributed by atoms with E-state index in [2.05, 4.69) is 41.4 Å². The molecule has 0 aliphatic heterocycles. The van der Waals surface area contributed by atoms with Gasteiger partial charge in [0, 0.05) is 18.3 Å². The van der Waals surface area contributed by atoms with Crippen LogP contribution < -0.4 is 11.1 Å². The molecule has 3 N–H and O–H groups in total. The molecule has 0 unspecified atom stereocenters. The molecule has 2 rings (SSSR count). The van der Waals surface area contributed by atoms with Gasteiger partial charge in [0.25, 0.3) is 0 Å². The Morgan fingerprint density at radius 2 is 2.00 bits per heavy atom. The lowest BCUT2D eigenvalue weighted by Crippen LogP contribution is -2.32. The first-order chi connectivity index (χ1) is 10.6. The second kappa shape index (κ2) is 10.3. The van der Waals surface area contributed by atoms with E-state index < -0.39 is 0 Å². The van der Waals surface area contributed by atoms with Gasteiger partial charge in [-0.3, -0.25) is 4.68 Å². The van der Waals surface area contributed by atoms with Crippen molar-refractivity contribution in [3.8, 4) is 0 Å². The van der Waals surface area contributed by atoms with Crippen LogP contribution in [0.15, 0.2) is 47.7 Å². The van der Waals surface area contributed by atoms with Gasteiger partial charge < -0.3 is 11.1 Å². The Hall–Kier alpha value is -1.57. The first-order valence-electron chi connectivity index (χ1n) is 7.72. The van der Waals surface area contributed by atoms with E-state index in [0.29, 0.717) is 18.4 Å². The predicted molar refractivity (Wildman–Crippen MR) is 106 cm³/mol. The Labute approximate surface area is 155 Å². The van der Waals surface area contributed by atoms with Crippen LogP contribution in [0.3, 0.4) is 0 Å². The highest BCUT2D eigenvalue weighted by Gasteiger charge is 2.00. The van der Waals surface area contributed by atoms with Crippen molar-refractivity contribution in [2.24, 2.45) is 16.6 Å². The average Bonchev–Trinajstić information content (AvgIpc) is 2.93. The smallest absolute Gasteiger partial charge is 0.188 e. The molecule has 0 atom stereocenters. The Morgan fingerprint density at radius 1 is 1.26 bits per heavy atom. The van der Waals surface area contributed by atoms with Gasteiger partial charge in [0.1, 0.15) is 0 Å². The number of hydrogen-bond donors (Lipinski definition) is 2. The summed E-state index contributed by atoms with van der Waals surface area (Å²) in [5, 5.41) is 7.49. The molecule has 0 saturated carbocycles. The van der Waals surface area contributed by atoms with E-state index in [1.807, 2.05) is 35.3 Å². The number of nitrogens with two attached hydrogens (primary N) is 1. The number of halogens is 1. The number of aromatic nitrogens is 2. The van der Waals surface area contributed by atoms with Gasteiger partial charge in [-0.15, -0.1) is 24.0 Å². The summed E-state index contributed by atoms with van der Waals surface area (Å²) in [5.41, 5.74) is 8.14. The molecule has 0 radical (unpaired) electrons. The first kappa shape index (κ1) is 19.5. The molecule has 1 heterocycles. The van der Waals surface area contributed by atoms with Gasteiger partial charge in [0.15, 0.2) is 5.96 Å². The zero-order chi connectivity index (χ0) is 15.8. The van der Waals surface area contributed by atoms with Crippen molar-refractivity contribution in [3.05, 3.63) is 53.9 Å². The molecule has 0 amide bonds. The van der Waals surface area contributed by atoms with Crippen LogP contribution in [0.5, 0.6) is 0 Å². The maximum atomic E-state index is 5.85. The Kier molecular flexibility index (Phi) is 8.68. The molecule has 0 bridgehead atoms. The summed E-state index contributed by atoms with van der Waals surface area (Å²) in [6.07, 6.45) is 4.94. The van der Waals surface area contributed by atoms with Gasteiger partial charge in [-0.2, -0.15) is 5.10 Å². The van der Waals surface area contributed by atoms with Crippen LogP contribution in [0.1, 0.15) is 31.4 Å². The minimum atomic E-state index is 0. The van der Waals surface area contributed by atoms with Crippen molar-refractivity contribution in [2.45, 2.75) is 33.4 Å². The normalized spacial score (nSPS) is 11.3. The van der Waals surface area contributed by atoms with E-state index >= 15 is 0 Å². The topological polar surface area (TPSA) is 68.2 Å². The highest BCUT2D eigenvalue weighted by atomic mass is 127. The van der Waals surface area contributed by atoms with Crippen LogP contribution in [-0.4, -0.2) is 22.3 Å². The average molecular weight is 427 g/mol. The van der Waals surface area contributed by atoms with E-state index in [4.69, 9.17) is 5.73 Å². The number of benzene rings is 1. The molecular weight excluding hydrogens is 401 g/mol. The zero-order valence-electron chi connectivity index (χ0n) is 13.8. The second-order valence-corrected chi connectivity index (χ2v) is 5.84. The third-order valence-corrected chi connectivity index (χ3v) is 3.33. The van der Waals surface area contributed by atoms with Crippen molar-refractivity contribution in [3.63, 3.8) is 0 Å². The number of nitrogens with zero attached hydrogens (tertiary/aromatic N) is 3. The number of nitrogens with one attached hydrogen (secondary N) is 1. The van der Waals surface area contributed by atoms with Crippen molar-refractivity contribution >= 4 is 29.9 Å². The van der Waals surface area contributed by atoms with Crippen molar-refractivity contribution in [1.29, 1.82) is 0 Å². The van der Waals surface area contributed by atoms with Crippen molar-refractivity contribution < 1.29 is 0 Å². The molecule has 126 valence electrons. The summed E-state index contributed by atoms with van der Waals surface area (Å²) in [6, 6.07) is 10.3. The summed E-state index contributed by atoms with van der Waals surface area (Å²) in [5.74, 6) is 1.16. The van der Waals surface area contributed by atoms with Gasteiger partial charge in [-0.25, -0.2) is 4.99 Å². The first-order valence-corrected chi connectivity index (χ1v) is 7.72. The molecule has 0 fully saturated rings. The van der Waals surface area contributed by atoms with Crippen LogP contribution in [0, 0.1) is 5.92 Å². The van der Waals surface area contributed by atoms with E-state index in [0.717, 1.165) is 25.1 Å². The highest BCUT2D eigenvalue weighted by Crippen LogP contribution is 2.05. The van der Waals surface area contributed by atoms with E-state index in [1.165, 1.54) is 5.56 Å². The van der Waals surface area contributed by atoms with Crippen molar-refractivity contribution in [1.82, 2.24) is 15.1 Å². The number of rotatable bonds is 7. The number of hydrogen-bond acceptors (Lipinski definition) is 2. The van der Waals surface area contributed by atoms with Crippen LogP contribution in [0.2, 0.25) is 0 Å². The monoisotopic (exact) mass is 427 g/mol. The predicted octanol–water partition coefficient (Wildman–Crippen LogP) is 3.00. The van der Waals surface area contributed by atoms with E-state index in [1.54, 1.807) is 0 Å². The summed E-state index contributed by atoms with van der Waals surface area (Å²) in [7, 11) is 0. The lowest BCUT2D eigenvalue weighted by Gasteiger charge is -2.07. The summed E-state index contributed by atoms with van der Waals surface area (Å²) in [6.45, 7) is 6.56. The largest absolute Gasteiger partial charge is 0.370 e. The van der Waals surface area contributed by atoms with E-state index in [9.17, 15) is 0 Å². The SMILES string of the molecule is CC(C)CCNC(N)=NCc1cnn(Cc2ccccc2)c1.I. The standard InChI is InChI=1S/C17H25N5.HI/c1-14(2)8-9-19-17(18)20-10-16-11-21-22(13-16)12-15-6-4-3-5-7-15;/h3-7,11,13-14H,8-10,12H2,1-2H3,(H3,18,19,20);1H. The van der Waals surface area contributed by atoms with Crippen LogP contribution >= 0.6 is 24.0 Å². The zero-order valence-corrected chi connectivity index (χ0v) is 16.1. The van der Waals surface area contributed by atoms with Gasteiger partial charge in [0.2, 0.25) is 0 Å². The second-order valence-electron chi connectivity index (χ2n) is 5.84. The van der Waals surface area contributed by atoms with E-state index in [-0.39, 0.29) is 24.0 Å². The summed E-state index contributed by atoms with van der Waals surface area (Å²) >= 11 is 0. The highest BCUT2D eigenvalue weighted by molar-refractivity contribution is 14.0. The minimum absolute atomic E-state index is 0. The third kappa shape index (κ3) is 7.49. The molecule has 0 saturated heterocycles. The van der Waals surface area contributed by atoms with Crippen LogP contribution in [0.25, 0.3) is 0 Å². The number of guanidine groups is 1. The summed E-state index contributed by atoms with van der Waals surface area (Å²) in [4.78, 5) is 4.34. The fourth-order valence-electron chi connectivity index (χ4n) is 2.07. The molecule has 1 aromatic heterocycles. The maximum Gasteiger partial charge on any atom is 0.188 e. The molecule has 0 spiro atoms. The minimum Gasteiger partial charge on any atom is -0.370 e. The van der Waals surface area contributed by atoms with Gasteiger partial charge in [-0.05, 0) is 17.9 Å². The molecule has 1 aromatic carbocycles. The molecular formula is C17H26IN5. The quantitative estimate of drug-likeness (QED) is 0.406. The van der Waals surface area contributed by atoms with Crippen LogP contribution in [-0.2, 0) is 13.1 Å². The van der Waals surface area contributed by atoms with Gasteiger partial charge >= 0.3 is 0 Å². The van der Waals surface area contributed by atoms with Gasteiger partial charge in [-0.1, -0.05) is 44.2 Å². The molecule has 5 nitrogen and oxygen atoms in total. The summed E-state index contributed by atoms with van der Waals surface area (Å²) < 4.78 is 1.92. The molecule has 2 aromatic rings. The van der Waals surface area contributed by atoms with Crippen LogP contribution in [0.4, 0.5) is 0 Å². The van der Waals surface area contributed by atoms with Gasteiger partial charge in [0.05, 0.1) is 19.3 Å². The Balaban J connectivity index is 0.00000264. The maximum absolute atomic E-state index is 5.85. The Morgan fingerprint density at radius 3 is 2.70 bits per heavy atom. The third-order valence-electron chi connectivity index (χ3n) is 3.33. The lowest BCUT2D eigenvalue weighted by atomic mass is 10.1. The molecule has 6 heteroatoms. The Bertz CT molecular complexity index is 592.